The Morgan fingerprint density at radius 1 is 1.60 bits per heavy atom. The van der Waals surface area contributed by atoms with E-state index >= 15 is 0 Å². The second-order valence-electron chi connectivity index (χ2n) is 4.23. The lowest BCUT2D eigenvalue weighted by Gasteiger charge is -2.02. The van der Waals surface area contributed by atoms with E-state index in [1.807, 2.05) is 0 Å². The van der Waals surface area contributed by atoms with Crippen LogP contribution in [0.3, 0.4) is 0 Å². The van der Waals surface area contributed by atoms with Crippen molar-refractivity contribution >= 4 is 11.7 Å². The van der Waals surface area contributed by atoms with Crippen LogP contribution in [0.1, 0.15) is 17.9 Å². The maximum absolute atomic E-state index is 11.6. The van der Waals surface area contributed by atoms with E-state index in [1.165, 1.54) is 17.0 Å². The van der Waals surface area contributed by atoms with Crippen molar-refractivity contribution in [2.75, 3.05) is 0 Å². The van der Waals surface area contributed by atoms with Crippen molar-refractivity contribution < 1.29 is 14.1 Å². The van der Waals surface area contributed by atoms with E-state index in [4.69, 9.17) is 4.42 Å². The molecule has 0 aliphatic rings. The molecule has 0 radical (unpaired) electrons. The Morgan fingerprint density at radius 2 is 2.40 bits per heavy atom. The minimum atomic E-state index is -0.555. The monoisotopic (exact) mass is 278 g/mol. The average molecular weight is 278 g/mol. The Morgan fingerprint density at radius 3 is 3.00 bits per heavy atom. The number of furan rings is 1. The van der Waals surface area contributed by atoms with Crippen LogP contribution in [-0.4, -0.2) is 20.6 Å². The third-order valence-corrected chi connectivity index (χ3v) is 2.75. The molecule has 0 bridgehead atoms. The van der Waals surface area contributed by atoms with Gasteiger partial charge in [-0.15, -0.1) is 0 Å². The van der Waals surface area contributed by atoms with Gasteiger partial charge in [0.2, 0.25) is 5.91 Å². The number of nitrogens with zero attached hydrogens (tertiary/aromatic N) is 3. The highest BCUT2D eigenvalue weighted by atomic mass is 16.6. The van der Waals surface area contributed by atoms with Crippen LogP contribution in [0.25, 0.3) is 0 Å². The lowest BCUT2D eigenvalue weighted by Crippen LogP contribution is -2.24. The van der Waals surface area contributed by atoms with Crippen LogP contribution in [0, 0.1) is 17.0 Å². The molecule has 8 nitrogen and oxygen atoms in total. The molecule has 2 heterocycles. The zero-order valence-corrected chi connectivity index (χ0v) is 10.9. The minimum Gasteiger partial charge on any atom is -0.467 e. The van der Waals surface area contributed by atoms with Gasteiger partial charge >= 0.3 is 5.82 Å². The molecule has 0 aliphatic heterocycles. The van der Waals surface area contributed by atoms with Gasteiger partial charge in [-0.25, -0.2) is 0 Å². The number of nitro groups is 1. The first-order valence-corrected chi connectivity index (χ1v) is 6.04. The molecule has 0 unspecified atom stereocenters. The second-order valence-corrected chi connectivity index (χ2v) is 4.23. The van der Waals surface area contributed by atoms with Gasteiger partial charge in [-0.1, -0.05) is 0 Å². The molecule has 1 amide bonds. The lowest BCUT2D eigenvalue weighted by atomic mass is 10.3. The molecule has 20 heavy (non-hydrogen) atoms. The Bertz CT molecular complexity index is 603. The molecule has 106 valence electrons. The highest BCUT2D eigenvalue weighted by Crippen LogP contribution is 2.11. The van der Waals surface area contributed by atoms with Crippen molar-refractivity contribution in [1.82, 2.24) is 15.1 Å². The fourth-order valence-electron chi connectivity index (χ4n) is 1.70. The predicted octanol–water partition coefficient (Wildman–Crippen LogP) is 1.40. The molecule has 0 saturated carbocycles. The van der Waals surface area contributed by atoms with E-state index in [-0.39, 0.29) is 18.1 Å². The summed E-state index contributed by atoms with van der Waals surface area (Å²) in [6.07, 6.45) is 1.73. The summed E-state index contributed by atoms with van der Waals surface area (Å²) in [7, 11) is 0. The van der Waals surface area contributed by atoms with Gasteiger partial charge in [0.05, 0.1) is 36.2 Å². The molecule has 2 aromatic heterocycles. The van der Waals surface area contributed by atoms with Gasteiger partial charge in [0.1, 0.15) is 5.76 Å². The van der Waals surface area contributed by atoms with Gasteiger partial charge in [0.15, 0.2) is 0 Å². The van der Waals surface area contributed by atoms with Gasteiger partial charge in [-0.3, -0.25) is 4.79 Å². The van der Waals surface area contributed by atoms with Crippen LogP contribution in [0.2, 0.25) is 0 Å². The van der Waals surface area contributed by atoms with Crippen molar-refractivity contribution in [3.8, 4) is 0 Å². The van der Waals surface area contributed by atoms with Crippen LogP contribution >= 0.6 is 0 Å². The summed E-state index contributed by atoms with van der Waals surface area (Å²) in [6.45, 7) is 2.33. The average Bonchev–Trinajstić information content (AvgIpc) is 3.03. The molecule has 2 aromatic rings. The maximum Gasteiger partial charge on any atom is 0.390 e. The molecule has 2 rings (SSSR count). The van der Waals surface area contributed by atoms with E-state index in [9.17, 15) is 14.9 Å². The number of aromatic nitrogens is 2. The number of hydrogen-bond acceptors (Lipinski definition) is 5. The van der Waals surface area contributed by atoms with Crippen LogP contribution < -0.4 is 5.32 Å². The molecular formula is C12H14N4O4. The highest BCUT2D eigenvalue weighted by Gasteiger charge is 2.15. The summed E-state index contributed by atoms with van der Waals surface area (Å²) in [5.74, 6) is 0.293. The Labute approximate surface area is 114 Å². The number of amides is 1. The van der Waals surface area contributed by atoms with Crippen molar-refractivity contribution in [1.29, 1.82) is 0 Å². The number of hydrogen-bond donors (Lipinski definition) is 1. The van der Waals surface area contributed by atoms with E-state index in [0.717, 1.165) is 0 Å². The van der Waals surface area contributed by atoms with Crippen molar-refractivity contribution in [3.63, 3.8) is 0 Å². The molecule has 0 saturated heterocycles. The van der Waals surface area contributed by atoms with Gasteiger partial charge in [-0.05, 0) is 24.0 Å². The number of nitrogens with one attached hydrogen (secondary N) is 1. The number of carbonyl (C=O) groups is 1. The zero-order chi connectivity index (χ0) is 14.5. The van der Waals surface area contributed by atoms with Crippen molar-refractivity contribution in [3.05, 3.63) is 46.0 Å². The standard InChI is InChI=1S/C12H14N4O4/c1-9-7-11(16(18)19)14-15(9)5-4-12(17)13-8-10-3-2-6-20-10/h2-3,6-7H,4-5,8H2,1H3,(H,13,17). The van der Waals surface area contributed by atoms with E-state index < -0.39 is 4.92 Å². The number of rotatable bonds is 6. The SMILES string of the molecule is Cc1cc([N+](=O)[O-])nn1CCC(=O)NCc1ccco1. The summed E-state index contributed by atoms with van der Waals surface area (Å²) in [4.78, 5) is 21.7. The Balaban J connectivity index is 1.82. The fourth-order valence-corrected chi connectivity index (χ4v) is 1.70. The first kappa shape index (κ1) is 13.8. The van der Waals surface area contributed by atoms with Gasteiger partial charge in [-0.2, -0.15) is 4.68 Å². The van der Waals surface area contributed by atoms with E-state index in [2.05, 4.69) is 10.4 Å². The first-order valence-electron chi connectivity index (χ1n) is 6.04. The third kappa shape index (κ3) is 3.44. The summed E-state index contributed by atoms with van der Waals surface area (Å²) in [5.41, 5.74) is 0.649. The van der Waals surface area contributed by atoms with E-state index in [0.29, 0.717) is 24.5 Å². The van der Waals surface area contributed by atoms with Gasteiger partial charge in [0.25, 0.3) is 0 Å². The van der Waals surface area contributed by atoms with Gasteiger partial charge in [0, 0.05) is 6.42 Å². The fraction of sp³-hybridized carbons (Fsp3) is 0.333. The molecule has 0 spiro atoms. The summed E-state index contributed by atoms with van der Waals surface area (Å²) >= 11 is 0. The number of aryl methyl sites for hydroxylation is 2. The topological polar surface area (TPSA) is 103 Å². The minimum absolute atomic E-state index is 0.168. The summed E-state index contributed by atoms with van der Waals surface area (Å²) in [5, 5.41) is 17.1. The van der Waals surface area contributed by atoms with Gasteiger partial charge < -0.3 is 19.8 Å². The molecular weight excluding hydrogens is 264 g/mol. The molecule has 8 heteroatoms. The first-order chi connectivity index (χ1) is 9.56. The smallest absolute Gasteiger partial charge is 0.390 e. The van der Waals surface area contributed by atoms with Crippen molar-refractivity contribution in [2.24, 2.45) is 0 Å². The normalized spacial score (nSPS) is 10.4. The zero-order valence-electron chi connectivity index (χ0n) is 10.9. The van der Waals surface area contributed by atoms with Crippen LogP contribution in [0.4, 0.5) is 5.82 Å². The molecule has 1 N–H and O–H groups in total. The molecule has 0 atom stereocenters. The Hall–Kier alpha value is -2.64. The second kappa shape index (κ2) is 6.00. The predicted molar refractivity (Wildman–Crippen MR) is 68.8 cm³/mol. The quantitative estimate of drug-likeness (QED) is 0.635. The third-order valence-electron chi connectivity index (χ3n) is 2.75. The molecule has 0 aromatic carbocycles. The lowest BCUT2D eigenvalue weighted by molar-refractivity contribution is -0.389. The Kier molecular flexibility index (Phi) is 4.14. The summed E-state index contributed by atoms with van der Waals surface area (Å²) in [6, 6.07) is 4.88. The van der Waals surface area contributed by atoms with Crippen LogP contribution in [0.5, 0.6) is 0 Å². The maximum atomic E-state index is 11.6. The van der Waals surface area contributed by atoms with Crippen LogP contribution in [-0.2, 0) is 17.9 Å². The molecule has 0 aliphatic carbocycles. The summed E-state index contributed by atoms with van der Waals surface area (Å²) < 4.78 is 6.54. The largest absolute Gasteiger partial charge is 0.467 e. The number of carbonyl (C=O) groups excluding carboxylic acids is 1. The molecule has 0 fully saturated rings. The van der Waals surface area contributed by atoms with Crippen molar-refractivity contribution in [2.45, 2.75) is 26.4 Å². The highest BCUT2D eigenvalue weighted by molar-refractivity contribution is 5.75. The van der Waals surface area contributed by atoms with E-state index in [1.54, 1.807) is 19.1 Å². The van der Waals surface area contributed by atoms with Crippen LogP contribution in [0.15, 0.2) is 28.9 Å².